The summed E-state index contributed by atoms with van der Waals surface area (Å²) in [5.41, 5.74) is 0. The fourth-order valence-electron chi connectivity index (χ4n) is 2.67. The van der Waals surface area contributed by atoms with E-state index in [0.717, 1.165) is 18.9 Å². The summed E-state index contributed by atoms with van der Waals surface area (Å²) in [5.74, 6) is 1.43. The highest BCUT2D eigenvalue weighted by atomic mass is 16.6. The molecule has 0 aromatic carbocycles. The first-order valence-corrected chi connectivity index (χ1v) is 7.97. The Morgan fingerprint density at radius 3 is 2.61 bits per heavy atom. The first kappa shape index (κ1) is 15.7. The third-order valence-electron chi connectivity index (χ3n) is 3.96. The van der Waals surface area contributed by atoms with Crippen molar-refractivity contribution in [2.45, 2.75) is 6.92 Å². The van der Waals surface area contributed by atoms with E-state index in [2.05, 4.69) is 20.1 Å². The molecule has 1 amide bonds. The number of carbonyl (C=O) groups is 1. The maximum atomic E-state index is 11.7. The molecule has 0 N–H and O–H groups in total. The minimum Gasteiger partial charge on any atom is -0.450 e. The van der Waals surface area contributed by atoms with E-state index >= 15 is 0 Å². The van der Waals surface area contributed by atoms with E-state index in [0.29, 0.717) is 51.9 Å². The van der Waals surface area contributed by atoms with Gasteiger partial charge in [0.25, 0.3) is 0 Å². The van der Waals surface area contributed by atoms with Crippen molar-refractivity contribution in [2.75, 3.05) is 68.9 Å². The molecule has 2 fully saturated rings. The molecule has 9 nitrogen and oxygen atoms in total. The van der Waals surface area contributed by atoms with Gasteiger partial charge in [0.1, 0.15) is 0 Å². The predicted octanol–water partition coefficient (Wildman–Crippen LogP) is -0.0133. The molecule has 23 heavy (non-hydrogen) atoms. The zero-order chi connectivity index (χ0) is 16.1. The van der Waals surface area contributed by atoms with Gasteiger partial charge in [-0.1, -0.05) is 0 Å². The van der Waals surface area contributed by atoms with Gasteiger partial charge < -0.3 is 24.2 Å². The summed E-state index contributed by atoms with van der Waals surface area (Å²) < 4.78 is 10.4. The lowest BCUT2D eigenvalue weighted by Crippen LogP contribution is -2.49. The second-order valence-corrected chi connectivity index (χ2v) is 5.39. The van der Waals surface area contributed by atoms with E-state index in [-0.39, 0.29) is 6.09 Å². The van der Waals surface area contributed by atoms with Crippen LogP contribution in [-0.4, -0.2) is 85.3 Å². The van der Waals surface area contributed by atoms with Crippen LogP contribution in [-0.2, 0) is 9.47 Å². The summed E-state index contributed by atoms with van der Waals surface area (Å²) in [4.78, 5) is 22.2. The summed E-state index contributed by atoms with van der Waals surface area (Å²) >= 11 is 0. The van der Waals surface area contributed by atoms with Crippen molar-refractivity contribution < 1.29 is 14.3 Å². The average Bonchev–Trinajstić information content (AvgIpc) is 2.63. The van der Waals surface area contributed by atoms with Crippen molar-refractivity contribution in [3.8, 4) is 0 Å². The Bertz CT molecular complexity index is 529. The monoisotopic (exact) mass is 322 g/mol. The third kappa shape index (κ3) is 3.79. The van der Waals surface area contributed by atoms with Gasteiger partial charge in [-0.3, -0.25) is 0 Å². The van der Waals surface area contributed by atoms with Crippen molar-refractivity contribution in [3.63, 3.8) is 0 Å². The van der Waals surface area contributed by atoms with E-state index < -0.39 is 0 Å². The Morgan fingerprint density at radius 1 is 1.17 bits per heavy atom. The van der Waals surface area contributed by atoms with Crippen LogP contribution in [0.25, 0.3) is 0 Å². The number of rotatable bonds is 3. The molecule has 2 aliphatic rings. The molecule has 1 aromatic heterocycles. The van der Waals surface area contributed by atoms with Crippen LogP contribution in [0.15, 0.2) is 6.20 Å². The predicted molar refractivity (Wildman–Crippen MR) is 83.7 cm³/mol. The van der Waals surface area contributed by atoms with Crippen molar-refractivity contribution in [2.24, 2.45) is 0 Å². The molecule has 2 saturated heterocycles. The zero-order valence-corrected chi connectivity index (χ0v) is 13.3. The average molecular weight is 322 g/mol. The van der Waals surface area contributed by atoms with Crippen LogP contribution in [0, 0.1) is 0 Å². The highest BCUT2D eigenvalue weighted by Gasteiger charge is 2.24. The van der Waals surface area contributed by atoms with Crippen LogP contribution in [0.2, 0.25) is 0 Å². The Labute approximate surface area is 135 Å². The minimum atomic E-state index is -0.256. The number of hydrogen-bond donors (Lipinski definition) is 0. The Balaban J connectivity index is 1.61. The van der Waals surface area contributed by atoms with Gasteiger partial charge in [-0.05, 0) is 6.92 Å². The molecule has 126 valence electrons. The van der Waals surface area contributed by atoms with Crippen molar-refractivity contribution >= 4 is 17.9 Å². The van der Waals surface area contributed by atoms with Crippen molar-refractivity contribution in [1.29, 1.82) is 0 Å². The Morgan fingerprint density at radius 2 is 1.91 bits per heavy atom. The summed E-state index contributed by atoms with van der Waals surface area (Å²) in [7, 11) is 0. The highest BCUT2D eigenvalue weighted by molar-refractivity contribution is 5.68. The number of hydrogen-bond acceptors (Lipinski definition) is 8. The van der Waals surface area contributed by atoms with E-state index in [1.165, 1.54) is 0 Å². The molecule has 0 saturated carbocycles. The quantitative estimate of drug-likeness (QED) is 0.768. The smallest absolute Gasteiger partial charge is 0.409 e. The Hall–Kier alpha value is -2.16. The molecule has 9 heteroatoms. The van der Waals surface area contributed by atoms with Gasteiger partial charge in [-0.15, -0.1) is 5.10 Å². The number of amides is 1. The fourth-order valence-corrected chi connectivity index (χ4v) is 2.67. The van der Waals surface area contributed by atoms with Crippen molar-refractivity contribution in [3.05, 3.63) is 6.20 Å². The number of anilines is 2. The molecular weight excluding hydrogens is 300 g/mol. The molecular formula is C14H22N6O3. The third-order valence-corrected chi connectivity index (χ3v) is 3.96. The molecule has 0 unspecified atom stereocenters. The fraction of sp³-hybridized carbons (Fsp3) is 0.714. The summed E-state index contributed by atoms with van der Waals surface area (Å²) in [6, 6.07) is 0. The molecule has 0 atom stereocenters. The van der Waals surface area contributed by atoms with Gasteiger partial charge in [0, 0.05) is 39.3 Å². The summed E-state index contributed by atoms with van der Waals surface area (Å²) in [6.07, 6.45) is 1.43. The normalized spacial score (nSPS) is 18.9. The van der Waals surface area contributed by atoms with Crippen LogP contribution in [0.1, 0.15) is 6.92 Å². The van der Waals surface area contributed by atoms with Crippen LogP contribution in [0.5, 0.6) is 0 Å². The first-order chi connectivity index (χ1) is 11.3. The minimum absolute atomic E-state index is 0.256. The second-order valence-electron chi connectivity index (χ2n) is 5.39. The van der Waals surface area contributed by atoms with E-state index in [1.54, 1.807) is 11.1 Å². The van der Waals surface area contributed by atoms with E-state index in [4.69, 9.17) is 9.47 Å². The molecule has 2 aliphatic heterocycles. The standard InChI is InChI=1S/C14H22N6O3/c1-2-23-14(21)20-5-3-19(4-6-20)13-16-12(11-15-17-13)18-7-9-22-10-8-18/h11H,2-10H2,1H3. The maximum Gasteiger partial charge on any atom is 0.409 e. The number of nitrogens with zero attached hydrogens (tertiary/aromatic N) is 6. The highest BCUT2D eigenvalue weighted by Crippen LogP contribution is 2.16. The number of aromatic nitrogens is 3. The van der Waals surface area contributed by atoms with E-state index in [1.807, 2.05) is 11.8 Å². The van der Waals surface area contributed by atoms with Gasteiger partial charge in [-0.25, -0.2) is 4.79 Å². The van der Waals surface area contributed by atoms with Gasteiger partial charge in [-0.2, -0.15) is 10.1 Å². The maximum absolute atomic E-state index is 11.7. The molecule has 0 radical (unpaired) electrons. The largest absolute Gasteiger partial charge is 0.450 e. The lowest BCUT2D eigenvalue weighted by molar-refractivity contribution is 0.105. The molecule has 1 aromatic rings. The molecule has 3 heterocycles. The summed E-state index contributed by atoms with van der Waals surface area (Å²) in [6.45, 7) is 7.80. The van der Waals surface area contributed by atoms with Gasteiger partial charge >= 0.3 is 6.09 Å². The van der Waals surface area contributed by atoms with Gasteiger partial charge in [0.2, 0.25) is 5.95 Å². The number of carbonyl (C=O) groups excluding carboxylic acids is 1. The molecule has 0 spiro atoms. The van der Waals surface area contributed by atoms with Gasteiger partial charge in [0.15, 0.2) is 5.82 Å². The van der Waals surface area contributed by atoms with Gasteiger partial charge in [0.05, 0.1) is 26.0 Å². The lowest BCUT2D eigenvalue weighted by atomic mass is 10.3. The Kier molecular flexibility index (Phi) is 5.06. The second kappa shape index (κ2) is 7.40. The molecule has 3 rings (SSSR count). The zero-order valence-electron chi connectivity index (χ0n) is 13.3. The summed E-state index contributed by atoms with van der Waals surface area (Å²) in [5, 5.41) is 8.21. The SMILES string of the molecule is CCOC(=O)N1CCN(c2nncc(N3CCOCC3)n2)CC1. The number of piperazine rings is 1. The number of ether oxygens (including phenoxy) is 2. The lowest BCUT2D eigenvalue weighted by Gasteiger charge is -2.34. The number of morpholine rings is 1. The first-order valence-electron chi connectivity index (χ1n) is 7.97. The van der Waals surface area contributed by atoms with Crippen LogP contribution in [0.4, 0.5) is 16.6 Å². The van der Waals surface area contributed by atoms with Crippen LogP contribution >= 0.6 is 0 Å². The van der Waals surface area contributed by atoms with Crippen LogP contribution in [0.3, 0.4) is 0 Å². The molecule has 0 bridgehead atoms. The molecule has 0 aliphatic carbocycles. The van der Waals surface area contributed by atoms with E-state index in [9.17, 15) is 4.79 Å². The topological polar surface area (TPSA) is 83.9 Å². The van der Waals surface area contributed by atoms with Crippen molar-refractivity contribution in [1.82, 2.24) is 20.1 Å². The van der Waals surface area contributed by atoms with Crippen LogP contribution < -0.4 is 9.80 Å².